The molecule has 0 radical (unpaired) electrons. The summed E-state index contributed by atoms with van der Waals surface area (Å²) in [6, 6.07) is 6.75. The van der Waals surface area contributed by atoms with Gasteiger partial charge < -0.3 is 5.11 Å². The summed E-state index contributed by atoms with van der Waals surface area (Å²) in [5.74, 6) is -4.24. The number of alkyl halides is 2. The van der Waals surface area contributed by atoms with Crippen LogP contribution in [0, 0.1) is 0 Å². The lowest BCUT2D eigenvalue weighted by Crippen LogP contribution is -2.28. The summed E-state index contributed by atoms with van der Waals surface area (Å²) in [5, 5.41) is 9.14. The third-order valence-electron chi connectivity index (χ3n) is 3.79. The predicted octanol–water partition coefficient (Wildman–Crippen LogP) is 2.93. The van der Waals surface area contributed by atoms with Gasteiger partial charge in [0.2, 0.25) is 0 Å². The van der Waals surface area contributed by atoms with E-state index in [1.807, 2.05) is 0 Å². The molecule has 0 heterocycles. The lowest BCUT2D eigenvalue weighted by atomic mass is 9.89. The fourth-order valence-electron chi connectivity index (χ4n) is 2.56. The Hall–Kier alpha value is -1.45. The van der Waals surface area contributed by atoms with Gasteiger partial charge in [-0.05, 0) is 29.9 Å². The van der Waals surface area contributed by atoms with Gasteiger partial charge in [0.05, 0.1) is 0 Å². The third kappa shape index (κ3) is 1.33. The minimum Gasteiger partial charge on any atom is -0.480 e. The first kappa shape index (κ1) is 10.7. The zero-order chi connectivity index (χ0) is 12.3. The average molecular weight is 238 g/mol. The maximum absolute atomic E-state index is 13.5. The number of carboxylic acids is 1. The van der Waals surface area contributed by atoms with E-state index in [4.69, 9.17) is 5.11 Å². The number of aliphatic carboxylic acids is 1. The van der Waals surface area contributed by atoms with E-state index in [0.29, 0.717) is 5.56 Å². The maximum Gasteiger partial charge on any atom is 0.320 e. The highest BCUT2D eigenvalue weighted by Crippen LogP contribution is 2.63. The molecule has 0 bridgehead atoms. The molecule has 1 atom stereocenters. The van der Waals surface area contributed by atoms with Crippen molar-refractivity contribution in [2.45, 2.75) is 36.5 Å². The van der Waals surface area contributed by atoms with Crippen molar-refractivity contribution in [3.05, 3.63) is 35.4 Å². The van der Waals surface area contributed by atoms with E-state index in [0.717, 1.165) is 18.4 Å². The molecule has 2 nitrogen and oxygen atoms in total. The van der Waals surface area contributed by atoms with Crippen LogP contribution in [0.4, 0.5) is 8.78 Å². The van der Waals surface area contributed by atoms with Gasteiger partial charge in [0.15, 0.2) is 5.41 Å². The van der Waals surface area contributed by atoms with Crippen LogP contribution in [-0.2, 0) is 10.2 Å². The molecule has 2 aliphatic rings. The Balaban J connectivity index is 2.12. The van der Waals surface area contributed by atoms with Gasteiger partial charge in [-0.3, -0.25) is 4.79 Å². The van der Waals surface area contributed by atoms with Crippen LogP contribution in [0.3, 0.4) is 0 Å². The van der Waals surface area contributed by atoms with Crippen molar-refractivity contribution in [3.8, 4) is 0 Å². The molecule has 2 fully saturated rings. The average Bonchev–Trinajstić information content (AvgIpc) is 3.14. The normalized spacial score (nSPS) is 30.0. The monoisotopic (exact) mass is 238 g/mol. The zero-order valence-corrected chi connectivity index (χ0v) is 9.12. The predicted molar refractivity (Wildman–Crippen MR) is 57.3 cm³/mol. The number of rotatable bonds is 3. The van der Waals surface area contributed by atoms with Crippen LogP contribution < -0.4 is 0 Å². The number of carboxylic acid groups (broad SMARTS) is 1. The van der Waals surface area contributed by atoms with E-state index in [1.54, 1.807) is 24.3 Å². The second-order valence-electron chi connectivity index (χ2n) is 4.95. The van der Waals surface area contributed by atoms with E-state index >= 15 is 0 Å². The largest absolute Gasteiger partial charge is 0.480 e. The molecule has 4 heteroatoms. The fourth-order valence-corrected chi connectivity index (χ4v) is 2.56. The quantitative estimate of drug-likeness (QED) is 0.879. The van der Waals surface area contributed by atoms with Crippen LogP contribution in [-0.4, -0.2) is 17.0 Å². The minimum atomic E-state index is -3.11. The summed E-state index contributed by atoms with van der Waals surface area (Å²) in [6.07, 6.45) is 1.37. The molecule has 2 saturated carbocycles. The fraction of sp³-hybridized carbons (Fsp3) is 0.462. The summed E-state index contributed by atoms with van der Waals surface area (Å²) in [6.45, 7) is 0. The highest BCUT2D eigenvalue weighted by atomic mass is 19.3. The number of carbonyl (C=O) groups is 1. The molecule has 1 N–H and O–H groups in total. The molecular formula is C13H12F2O2. The maximum atomic E-state index is 13.5. The van der Waals surface area contributed by atoms with E-state index in [1.165, 1.54) is 0 Å². The van der Waals surface area contributed by atoms with Gasteiger partial charge in [-0.15, -0.1) is 0 Å². The van der Waals surface area contributed by atoms with E-state index < -0.39 is 23.7 Å². The molecular weight excluding hydrogens is 226 g/mol. The lowest BCUT2D eigenvalue weighted by molar-refractivity contribution is -0.143. The summed E-state index contributed by atoms with van der Waals surface area (Å²) in [7, 11) is 0. The Morgan fingerprint density at radius 1 is 1.29 bits per heavy atom. The molecule has 1 aromatic carbocycles. The second-order valence-corrected chi connectivity index (χ2v) is 4.95. The smallest absolute Gasteiger partial charge is 0.320 e. The molecule has 1 aromatic rings. The molecule has 0 aromatic heterocycles. The number of hydrogen-bond donors (Lipinski definition) is 1. The lowest BCUT2D eigenvalue weighted by Gasteiger charge is -2.16. The first-order chi connectivity index (χ1) is 7.99. The Kier molecular flexibility index (Phi) is 1.92. The topological polar surface area (TPSA) is 37.3 Å². The molecule has 90 valence electrons. The number of halogens is 2. The standard InChI is InChI=1S/C13H12F2O2/c14-13(15)7-12(13,11(16)17)10-4-2-1-3-9(10)8-5-6-8/h1-4,8H,5-7H2,(H,16,17). The first-order valence-electron chi connectivity index (χ1n) is 5.70. The van der Waals surface area contributed by atoms with Crippen molar-refractivity contribution in [2.75, 3.05) is 0 Å². The Morgan fingerprint density at radius 3 is 2.35 bits per heavy atom. The second kappa shape index (κ2) is 3.06. The van der Waals surface area contributed by atoms with Crippen molar-refractivity contribution in [1.82, 2.24) is 0 Å². The number of hydrogen-bond acceptors (Lipinski definition) is 1. The Bertz CT molecular complexity index is 494. The van der Waals surface area contributed by atoms with Gasteiger partial charge >= 0.3 is 5.97 Å². The molecule has 0 amide bonds. The highest BCUT2D eigenvalue weighted by Gasteiger charge is 2.77. The van der Waals surface area contributed by atoms with Crippen LogP contribution in [0.2, 0.25) is 0 Å². The van der Waals surface area contributed by atoms with Gasteiger partial charge in [0.1, 0.15) is 0 Å². The van der Waals surface area contributed by atoms with Gasteiger partial charge in [0.25, 0.3) is 5.92 Å². The third-order valence-corrected chi connectivity index (χ3v) is 3.79. The zero-order valence-electron chi connectivity index (χ0n) is 9.12. The Morgan fingerprint density at radius 2 is 1.88 bits per heavy atom. The van der Waals surface area contributed by atoms with Gasteiger partial charge in [-0.2, -0.15) is 0 Å². The van der Waals surface area contributed by atoms with E-state index in [-0.39, 0.29) is 5.92 Å². The van der Waals surface area contributed by atoms with Crippen molar-refractivity contribution in [1.29, 1.82) is 0 Å². The van der Waals surface area contributed by atoms with Crippen LogP contribution in [0.25, 0.3) is 0 Å². The molecule has 0 aliphatic heterocycles. The van der Waals surface area contributed by atoms with E-state index in [2.05, 4.69) is 0 Å². The van der Waals surface area contributed by atoms with Crippen molar-refractivity contribution in [2.24, 2.45) is 0 Å². The first-order valence-corrected chi connectivity index (χ1v) is 5.70. The van der Waals surface area contributed by atoms with Gasteiger partial charge in [0, 0.05) is 6.42 Å². The summed E-state index contributed by atoms with van der Waals surface area (Å²) in [5.41, 5.74) is -0.848. The summed E-state index contributed by atoms with van der Waals surface area (Å²) in [4.78, 5) is 11.2. The molecule has 0 saturated heterocycles. The van der Waals surface area contributed by atoms with Crippen LogP contribution in [0.5, 0.6) is 0 Å². The molecule has 3 rings (SSSR count). The molecule has 0 spiro atoms. The van der Waals surface area contributed by atoms with Gasteiger partial charge in [-0.25, -0.2) is 8.78 Å². The van der Waals surface area contributed by atoms with Crippen molar-refractivity contribution >= 4 is 5.97 Å². The van der Waals surface area contributed by atoms with Gasteiger partial charge in [-0.1, -0.05) is 24.3 Å². The van der Waals surface area contributed by atoms with Crippen molar-refractivity contribution < 1.29 is 18.7 Å². The van der Waals surface area contributed by atoms with Crippen LogP contribution >= 0.6 is 0 Å². The number of benzene rings is 1. The highest BCUT2D eigenvalue weighted by molar-refractivity contribution is 5.88. The van der Waals surface area contributed by atoms with Crippen LogP contribution in [0.15, 0.2) is 24.3 Å². The molecule has 2 aliphatic carbocycles. The molecule has 1 unspecified atom stereocenters. The van der Waals surface area contributed by atoms with Crippen molar-refractivity contribution in [3.63, 3.8) is 0 Å². The SMILES string of the molecule is O=C(O)C1(c2ccccc2C2CC2)CC1(F)F. The minimum absolute atomic E-state index is 0.277. The Labute approximate surface area is 97.3 Å². The van der Waals surface area contributed by atoms with E-state index in [9.17, 15) is 13.6 Å². The van der Waals surface area contributed by atoms with Crippen LogP contribution in [0.1, 0.15) is 36.3 Å². The molecule has 17 heavy (non-hydrogen) atoms. The summed E-state index contributed by atoms with van der Waals surface area (Å²) >= 11 is 0. The summed E-state index contributed by atoms with van der Waals surface area (Å²) < 4.78 is 26.9.